The number of methoxy groups -OCH3 is 1. The highest BCUT2D eigenvalue weighted by Crippen LogP contribution is 2.17. The van der Waals surface area contributed by atoms with Gasteiger partial charge in [-0.1, -0.05) is 0 Å². The van der Waals surface area contributed by atoms with Gasteiger partial charge in [-0.25, -0.2) is 0 Å². The third-order valence-corrected chi connectivity index (χ3v) is 3.40. The number of rotatable bonds is 6. The number of hydrogen-bond acceptors (Lipinski definition) is 3. The molecule has 4 nitrogen and oxygen atoms in total. The molecule has 17 heavy (non-hydrogen) atoms. The Morgan fingerprint density at radius 2 is 2.06 bits per heavy atom. The van der Waals surface area contributed by atoms with Crippen molar-refractivity contribution in [1.82, 2.24) is 10.2 Å². The molecule has 1 fully saturated rings. The van der Waals surface area contributed by atoms with Crippen LogP contribution >= 0.6 is 0 Å². The fourth-order valence-corrected chi connectivity index (χ4v) is 2.31. The quantitative estimate of drug-likeness (QED) is 0.762. The van der Waals surface area contributed by atoms with Gasteiger partial charge < -0.3 is 15.0 Å². The highest BCUT2D eigenvalue weighted by molar-refractivity contribution is 5.76. The van der Waals surface area contributed by atoms with E-state index in [1.165, 1.54) is 0 Å². The Balaban J connectivity index is 2.40. The Labute approximate surface area is 105 Å². The van der Waals surface area contributed by atoms with Gasteiger partial charge in [0.15, 0.2) is 0 Å². The lowest BCUT2D eigenvalue weighted by molar-refractivity contribution is -0.134. The van der Waals surface area contributed by atoms with Crippen LogP contribution in [0.4, 0.5) is 0 Å². The number of amides is 1. The van der Waals surface area contributed by atoms with E-state index in [0.29, 0.717) is 25.5 Å². The maximum Gasteiger partial charge on any atom is 0.223 e. The molecular weight excluding hydrogens is 216 g/mol. The van der Waals surface area contributed by atoms with Crippen LogP contribution in [-0.2, 0) is 9.53 Å². The predicted octanol–water partition coefficient (Wildman–Crippen LogP) is 1.26. The minimum absolute atomic E-state index is 0.263. The molecule has 0 radical (unpaired) electrons. The summed E-state index contributed by atoms with van der Waals surface area (Å²) >= 11 is 0. The lowest BCUT2D eigenvalue weighted by Crippen LogP contribution is -2.41. The maximum absolute atomic E-state index is 12.2. The topological polar surface area (TPSA) is 41.6 Å². The Bertz CT molecular complexity index is 225. The smallest absolute Gasteiger partial charge is 0.223 e. The van der Waals surface area contributed by atoms with Crippen molar-refractivity contribution in [3.63, 3.8) is 0 Å². The van der Waals surface area contributed by atoms with Crippen molar-refractivity contribution in [2.75, 3.05) is 33.4 Å². The van der Waals surface area contributed by atoms with Crippen LogP contribution < -0.4 is 5.32 Å². The molecule has 0 aliphatic carbocycles. The van der Waals surface area contributed by atoms with Crippen molar-refractivity contribution >= 4 is 5.91 Å². The molecule has 1 aliphatic heterocycles. The van der Waals surface area contributed by atoms with Crippen LogP contribution in [0.1, 0.15) is 33.1 Å². The first-order chi connectivity index (χ1) is 8.15. The standard InChI is InChI=1S/C13H26N2O2/c1-11(2)15(8-9-17-3)13(16)10-12-4-6-14-7-5-12/h11-12,14H,4-10H2,1-3H3. The monoisotopic (exact) mass is 242 g/mol. The Morgan fingerprint density at radius 1 is 1.41 bits per heavy atom. The van der Waals surface area contributed by atoms with Gasteiger partial charge in [0.25, 0.3) is 0 Å². The van der Waals surface area contributed by atoms with Gasteiger partial charge in [-0.3, -0.25) is 4.79 Å². The third-order valence-electron chi connectivity index (χ3n) is 3.40. The first-order valence-corrected chi connectivity index (χ1v) is 6.64. The van der Waals surface area contributed by atoms with Gasteiger partial charge in [-0.2, -0.15) is 0 Å². The van der Waals surface area contributed by atoms with Crippen molar-refractivity contribution in [3.8, 4) is 0 Å². The molecule has 0 aromatic carbocycles. The molecule has 0 spiro atoms. The Morgan fingerprint density at radius 3 is 2.59 bits per heavy atom. The Kier molecular flexibility index (Phi) is 6.52. The highest BCUT2D eigenvalue weighted by Gasteiger charge is 2.22. The number of nitrogens with one attached hydrogen (secondary N) is 1. The lowest BCUT2D eigenvalue weighted by Gasteiger charge is -2.29. The molecule has 1 rings (SSSR count). The number of carbonyl (C=O) groups is 1. The molecule has 1 aliphatic rings. The second-order valence-corrected chi connectivity index (χ2v) is 5.07. The van der Waals surface area contributed by atoms with E-state index >= 15 is 0 Å². The lowest BCUT2D eigenvalue weighted by atomic mass is 9.94. The van der Waals surface area contributed by atoms with E-state index in [1.54, 1.807) is 7.11 Å². The fourth-order valence-electron chi connectivity index (χ4n) is 2.31. The zero-order chi connectivity index (χ0) is 12.7. The van der Waals surface area contributed by atoms with E-state index in [1.807, 2.05) is 4.90 Å². The minimum Gasteiger partial charge on any atom is -0.383 e. The van der Waals surface area contributed by atoms with E-state index in [-0.39, 0.29) is 11.9 Å². The summed E-state index contributed by atoms with van der Waals surface area (Å²) in [6, 6.07) is 0.263. The summed E-state index contributed by atoms with van der Waals surface area (Å²) < 4.78 is 5.06. The largest absolute Gasteiger partial charge is 0.383 e. The van der Waals surface area contributed by atoms with Crippen LogP contribution in [0.15, 0.2) is 0 Å². The van der Waals surface area contributed by atoms with Crippen molar-refractivity contribution in [2.24, 2.45) is 5.92 Å². The average Bonchev–Trinajstić information content (AvgIpc) is 2.30. The van der Waals surface area contributed by atoms with Crippen LogP contribution in [-0.4, -0.2) is 50.2 Å². The van der Waals surface area contributed by atoms with E-state index in [9.17, 15) is 4.79 Å². The summed E-state index contributed by atoms with van der Waals surface area (Å²) in [5.74, 6) is 0.844. The summed E-state index contributed by atoms with van der Waals surface area (Å²) in [5, 5.41) is 3.33. The molecule has 1 heterocycles. The molecule has 1 saturated heterocycles. The van der Waals surface area contributed by atoms with Gasteiger partial charge >= 0.3 is 0 Å². The number of piperidine rings is 1. The average molecular weight is 242 g/mol. The second-order valence-electron chi connectivity index (χ2n) is 5.07. The van der Waals surface area contributed by atoms with Gasteiger partial charge in [-0.15, -0.1) is 0 Å². The first-order valence-electron chi connectivity index (χ1n) is 6.64. The van der Waals surface area contributed by atoms with Crippen LogP contribution in [0.5, 0.6) is 0 Å². The second kappa shape index (κ2) is 7.67. The summed E-state index contributed by atoms with van der Waals surface area (Å²) in [6.45, 7) is 7.56. The molecule has 0 aromatic rings. The SMILES string of the molecule is COCCN(C(=O)CC1CCNCC1)C(C)C. The number of hydrogen-bond donors (Lipinski definition) is 1. The van der Waals surface area contributed by atoms with E-state index in [0.717, 1.165) is 25.9 Å². The molecule has 100 valence electrons. The van der Waals surface area contributed by atoms with Crippen LogP contribution in [0.3, 0.4) is 0 Å². The van der Waals surface area contributed by atoms with Gasteiger partial charge in [0.05, 0.1) is 6.61 Å². The summed E-state index contributed by atoms with van der Waals surface area (Å²) in [6.07, 6.45) is 2.95. The third kappa shape index (κ3) is 5.04. The van der Waals surface area contributed by atoms with Crippen LogP contribution in [0, 0.1) is 5.92 Å². The van der Waals surface area contributed by atoms with Crippen molar-refractivity contribution < 1.29 is 9.53 Å². The number of carbonyl (C=O) groups excluding carboxylic acids is 1. The molecule has 1 amide bonds. The summed E-state index contributed by atoms with van der Waals surface area (Å²) in [7, 11) is 1.68. The molecule has 0 unspecified atom stereocenters. The molecule has 0 atom stereocenters. The van der Waals surface area contributed by atoms with Gasteiger partial charge in [0, 0.05) is 26.1 Å². The normalized spacial score (nSPS) is 17.4. The zero-order valence-electron chi connectivity index (χ0n) is 11.4. The summed E-state index contributed by atoms with van der Waals surface area (Å²) in [4.78, 5) is 14.1. The molecule has 0 bridgehead atoms. The van der Waals surface area contributed by atoms with Gasteiger partial charge in [-0.05, 0) is 45.7 Å². The fraction of sp³-hybridized carbons (Fsp3) is 0.923. The van der Waals surface area contributed by atoms with E-state index < -0.39 is 0 Å². The van der Waals surface area contributed by atoms with Crippen LogP contribution in [0.2, 0.25) is 0 Å². The summed E-state index contributed by atoms with van der Waals surface area (Å²) in [5.41, 5.74) is 0. The zero-order valence-corrected chi connectivity index (χ0v) is 11.4. The van der Waals surface area contributed by atoms with E-state index in [2.05, 4.69) is 19.2 Å². The van der Waals surface area contributed by atoms with Gasteiger partial charge in [0.1, 0.15) is 0 Å². The van der Waals surface area contributed by atoms with E-state index in [4.69, 9.17) is 4.74 Å². The maximum atomic E-state index is 12.2. The molecule has 4 heteroatoms. The van der Waals surface area contributed by atoms with Crippen molar-refractivity contribution in [3.05, 3.63) is 0 Å². The molecule has 1 N–H and O–H groups in total. The number of ether oxygens (including phenoxy) is 1. The minimum atomic E-state index is 0.263. The van der Waals surface area contributed by atoms with Crippen LogP contribution in [0.25, 0.3) is 0 Å². The Hall–Kier alpha value is -0.610. The number of nitrogens with zero attached hydrogens (tertiary/aromatic N) is 1. The predicted molar refractivity (Wildman–Crippen MR) is 68.9 cm³/mol. The van der Waals surface area contributed by atoms with Crippen molar-refractivity contribution in [2.45, 2.75) is 39.2 Å². The first kappa shape index (κ1) is 14.5. The molecule has 0 saturated carbocycles. The molecular formula is C13H26N2O2. The van der Waals surface area contributed by atoms with Crippen molar-refractivity contribution in [1.29, 1.82) is 0 Å². The highest BCUT2D eigenvalue weighted by atomic mass is 16.5. The molecule has 0 aromatic heterocycles. The van der Waals surface area contributed by atoms with Gasteiger partial charge in [0.2, 0.25) is 5.91 Å².